The molecule has 0 unspecified atom stereocenters. The van der Waals surface area contributed by atoms with E-state index in [1.165, 1.54) is 11.1 Å². The maximum absolute atomic E-state index is 5.81. The van der Waals surface area contributed by atoms with Crippen molar-refractivity contribution in [3.8, 4) is 5.75 Å². The normalized spacial score (nSPS) is 15.1. The minimum absolute atomic E-state index is 0.758. The molecular weight excluding hydrogens is 202 g/mol. The fraction of sp³-hybridized carbons (Fsp3) is 0.538. The van der Waals surface area contributed by atoms with Crippen LogP contribution in [0.3, 0.4) is 0 Å². The molecule has 0 aromatic heterocycles. The smallest absolute Gasteiger partial charge is 0.127 e. The number of rotatable bonds is 4. The van der Waals surface area contributed by atoms with Crippen LogP contribution in [0.5, 0.6) is 5.75 Å². The molecule has 1 aliphatic rings. The largest absolute Gasteiger partial charge is 0.492 e. The Bertz CT molecular complexity index is 339. The van der Waals surface area contributed by atoms with E-state index in [0.29, 0.717) is 0 Å². The van der Waals surface area contributed by atoms with Crippen molar-refractivity contribution in [1.82, 2.24) is 5.32 Å². The molecule has 0 amide bonds. The summed E-state index contributed by atoms with van der Waals surface area (Å²) in [4.78, 5) is 0. The first-order chi connectivity index (χ1) is 7.92. The molecule has 16 heavy (non-hydrogen) atoms. The van der Waals surface area contributed by atoms with Gasteiger partial charge in [0.05, 0.1) is 0 Å². The number of nitrogens with one attached hydrogen (secondary N) is 1. The van der Waals surface area contributed by atoms with Crippen molar-refractivity contribution in [3.63, 3.8) is 0 Å². The molecule has 0 spiro atoms. The first kappa shape index (κ1) is 11.4. The van der Waals surface area contributed by atoms with Crippen LogP contribution < -0.4 is 10.1 Å². The quantitative estimate of drug-likeness (QED) is 0.786. The maximum atomic E-state index is 5.81. The van der Waals surface area contributed by atoms with Gasteiger partial charge in [0.25, 0.3) is 0 Å². The SMILES string of the molecule is COCCCc1cccc2c1OCCNC2. The number of benzene rings is 1. The number of aryl methyl sites for hydroxylation is 1. The van der Waals surface area contributed by atoms with E-state index >= 15 is 0 Å². The van der Waals surface area contributed by atoms with E-state index in [0.717, 1.165) is 44.9 Å². The van der Waals surface area contributed by atoms with Crippen molar-refractivity contribution in [2.45, 2.75) is 19.4 Å². The number of fused-ring (bicyclic) bond motifs is 1. The van der Waals surface area contributed by atoms with Crippen molar-refractivity contribution in [3.05, 3.63) is 29.3 Å². The third-order valence-electron chi connectivity index (χ3n) is 2.81. The molecule has 1 aromatic rings. The van der Waals surface area contributed by atoms with Crippen molar-refractivity contribution in [2.24, 2.45) is 0 Å². The van der Waals surface area contributed by atoms with E-state index in [1.807, 2.05) is 0 Å². The fourth-order valence-electron chi connectivity index (χ4n) is 2.01. The molecule has 1 N–H and O–H groups in total. The molecule has 0 radical (unpaired) electrons. The van der Waals surface area contributed by atoms with Crippen LogP contribution in [0.2, 0.25) is 0 Å². The van der Waals surface area contributed by atoms with E-state index in [4.69, 9.17) is 9.47 Å². The molecule has 1 heterocycles. The van der Waals surface area contributed by atoms with Crippen LogP contribution >= 0.6 is 0 Å². The van der Waals surface area contributed by atoms with Gasteiger partial charge >= 0.3 is 0 Å². The highest BCUT2D eigenvalue weighted by molar-refractivity contribution is 5.42. The maximum Gasteiger partial charge on any atom is 0.127 e. The van der Waals surface area contributed by atoms with Crippen molar-refractivity contribution < 1.29 is 9.47 Å². The van der Waals surface area contributed by atoms with E-state index in [9.17, 15) is 0 Å². The molecule has 0 aliphatic carbocycles. The van der Waals surface area contributed by atoms with Gasteiger partial charge in [0, 0.05) is 32.4 Å². The van der Waals surface area contributed by atoms with Gasteiger partial charge in [-0.3, -0.25) is 0 Å². The Morgan fingerprint density at radius 1 is 1.44 bits per heavy atom. The molecule has 3 nitrogen and oxygen atoms in total. The summed E-state index contributed by atoms with van der Waals surface area (Å²) >= 11 is 0. The molecule has 3 heteroatoms. The third-order valence-corrected chi connectivity index (χ3v) is 2.81. The second-order valence-electron chi connectivity index (χ2n) is 4.03. The number of hydrogen-bond donors (Lipinski definition) is 1. The summed E-state index contributed by atoms with van der Waals surface area (Å²) < 4.78 is 10.9. The van der Waals surface area contributed by atoms with E-state index in [1.54, 1.807) is 7.11 Å². The lowest BCUT2D eigenvalue weighted by atomic mass is 10.0. The summed E-state index contributed by atoms with van der Waals surface area (Å²) in [5.74, 6) is 1.09. The minimum Gasteiger partial charge on any atom is -0.492 e. The topological polar surface area (TPSA) is 30.5 Å². The predicted molar refractivity (Wildman–Crippen MR) is 63.8 cm³/mol. The van der Waals surface area contributed by atoms with Crippen LogP contribution in [0.15, 0.2) is 18.2 Å². The molecule has 0 atom stereocenters. The Labute approximate surface area is 96.8 Å². The number of para-hydroxylation sites is 1. The summed E-state index contributed by atoms with van der Waals surface area (Å²) in [5, 5.41) is 3.35. The summed E-state index contributed by atoms with van der Waals surface area (Å²) in [6.45, 7) is 3.40. The van der Waals surface area contributed by atoms with Gasteiger partial charge in [-0.15, -0.1) is 0 Å². The summed E-state index contributed by atoms with van der Waals surface area (Å²) in [6, 6.07) is 6.39. The Hall–Kier alpha value is -1.06. The van der Waals surface area contributed by atoms with Crippen LogP contribution in [-0.2, 0) is 17.7 Å². The van der Waals surface area contributed by atoms with Crippen LogP contribution in [0, 0.1) is 0 Å². The van der Waals surface area contributed by atoms with Gasteiger partial charge in [0.2, 0.25) is 0 Å². The van der Waals surface area contributed by atoms with Gasteiger partial charge in [0.1, 0.15) is 12.4 Å². The summed E-state index contributed by atoms with van der Waals surface area (Å²) in [6.07, 6.45) is 2.07. The van der Waals surface area contributed by atoms with Gasteiger partial charge < -0.3 is 14.8 Å². The third kappa shape index (κ3) is 2.74. The fourth-order valence-corrected chi connectivity index (χ4v) is 2.01. The number of ether oxygens (including phenoxy) is 2. The van der Waals surface area contributed by atoms with Crippen LogP contribution in [-0.4, -0.2) is 26.9 Å². The zero-order valence-electron chi connectivity index (χ0n) is 9.79. The molecule has 88 valence electrons. The molecule has 0 bridgehead atoms. The second kappa shape index (κ2) is 5.87. The average molecular weight is 221 g/mol. The predicted octanol–water partition coefficient (Wildman–Crippen LogP) is 1.75. The van der Waals surface area contributed by atoms with Gasteiger partial charge in [-0.25, -0.2) is 0 Å². The lowest BCUT2D eigenvalue weighted by molar-refractivity contribution is 0.195. The highest BCUT2D eigenvalue weighted by atomic mass is 16.5. The highest BCUT2D eigenvalue weighted by Crippen LogP contribution is 2.26. The van der Waals surface area contributed by atoms with Crippen LogP contribution in [0.1, 0.15) is 17.5 Å². The molecule has 0 fully saturated rings. The number of methoxy groups -OCH3 is 1. The summed E-state index contributed by atoms with van der Waals surface area (Å²) in [5.41, 5.74) is 2.57. The standard InChI is InChI=1S/C13H19NO2/c1-15-8-3-6-11-4-2-5-12-10-14-7-9-16-13(11)12/h2,4-5,14H,3,6-10H2,1H3. The van der Waals surface area contributed by atoms with Crippen LogP contribution in [0.25, 0.3) is 0 Å². The van der Waals surface area contributed by atoms with Crippen LogP contribution in [0.4, 0.5) is 0 Å². The monoisotopic (exact) mass is 221 g/mol. The van der Waals surface area contributed by atoms with E-state index < -0.39 is 0 Å². The van der Waals surface area contributed by atoms with Crippen molar-refractivity contribution in [2.75, 3.05) is 26.9 Å². The van der Waals surface area contributed by atoms with Gasteiger partial charge in [-0.2, -0.15) is 0 Å². The molecule has 0 saturated carbocycles. The molecule has 0 saturated heterocycles. The van der Waals surface area contributed by atoms with E-state index in [2.05, 4.69) is 23.5 Å². The zero-order valence-corrected chi connectivity index (χ0v) is 9.79. The van der Waals surface area contributed by atoms with Crippen molar-refractivity contribution in [1.29, 1.82) is 0 Å². The molecule has 1 aliphatic heterocycles. The van der Waals surface area contributed by atoms with Gasteiger partial charge in [0.15, 0.2) is 0 Å². The molecule has 2 rings (SSSR count). The molecular formula is C13H19NO2. The minimum atomic E-state index is 0.758. The first-order valence-electron chi connectivity index (χ1n) is 5.85. The Morgan fingerprint density at radius 3 is 3.25 bits per heavy atom. The Kier molecular flexibility index (Phi) is 4.19. The summed E-state index contributed by atoms with van der Waals surface area (Å²) in [7, 11) is 1.74. The van der Waals surface area contributed by atoms with Gasteiger partial charge in [-0.05, 0) is 18.4 Å². The number of hydrogen-bond acceptors (Lipinski definition) is 3. The Balaban J connectivity index is 2.11. The van der Waals surface area contributed by atoms with E-state index in [-0.39, 0.29) is 0 Å². The van der Waals surface area contributed by atoms with Crippen molar-refractivity contribution >= 4 is 0 Å². The lowest BCUT2D eigenvalue weighted by Gasteiger charge is -2.12. The Morgan fingerprint density at radius 2 is 2.38 bits per heavy atom. The molecule has 1 aromatic carbocycles. The second-order valence-corrected chi connectivity index (χ2v) is 4.03. The first-order valence-corrected chi connectivity index (χ1v) is 5.85. The lowest BCUT2D eigenvalue weighted by Crippen LogP contribution is -2.16. The highest BCUT2D eigenvalue weighted by Gasteiger charge is 2.12. The zero-order chi connectivity index (χ0) is 11.2. The average Bonchev–Trinajstić information content (AvgIpc) is 2.55. The van der Waals surface area contributed by atoms with Gasteiger partial charge in [-0.1, -0.05) is 18.2 Å².